The molecular formula is C13H18N4O2S. The summed E-state index contributed by atoms with van der Waals surface area (Å²) in [5.41, 5.74) is 2.67. The van der Waals surface area contributed by atoms with E-state index >= 15 is 0 Å². The van der Waals surface area contributed by atoms with Crippen LogP contribution in [-0.4, -0.2) is 27.3 Å². The molecule has 0 aliphatic heterocycles. The van der Waals surface area contributed by atoms with Crippen LogP contribution in [0.4, 0.5) is 10.8 Å². The second-order valence-electron chi connectivity index (χ2n) is 4.27. The minimum Gasteiger partial charge on any atom is -0.466 e. The molecule has 7 heteroatoms. The summed E-state index contributed by atoms with van der Waals surface area (Å²) >= 11 is 1.47. The summed E-state index contributed by atoms with van der Waals surface area (Å²) < 4.78 is 6.68. The van der Waals surface area contributed by atoms with Crippen molar-refractivity contribution in [1.29, 1.82) is 0 Å². The van der Waals surface area contributed by atoms with Crippen molar-refractivity contribution in [2.45, 2.75) is 26.7 Å². The van der Waals surface area contributed by atoms with Gasteiger partial charge >= 0.3 is 5.97 Å². The molecule has 0 spiro atoms. The van der Waals surface area contributed by atoms with Crippen molar-refractivity contribution < 1.29 is 9.53 Å². The number of rotatable bonds is 6. The number of carbonyl (C=O) groups is 1. The summed E-state index contributed by atoms with van der Waals surface area (Å²) in [7, 11) is 1.89. The molecule has 2 aromatic rings. The lowest BCUT2D eigenvalue weighted by molar-refractivity contribution is -0.142. The van der Waals surface area contributed by atoms with Crippen LogP contribution in [0, 0.1) is 0 Å². The monoisotopic (exact) mass is 294 g/mol. The second-order valence-corrected chi connectivity index (χ2v) is 5.13. The maximum atomic E-state index is 11.4. The van der Waals surface area contributed by atoms with Gasteiger partial charge in [-0.1, -0.05) is 6.92 Å². The number of nitrogens with one attached hydrogen (secondary N) is 1. The molecule has 1 N–H and O–H groups in total. The lowest BCUT2D eigenvalue weighted by atomic mass is 10.3. The van der Waals surface area contributed by atoms with Gasteiger partial charge in [-0.05, 0) is 13.3 Å². The van der Waals surface area contributed by atoms with E-state index in [0.29, 0.717) is 6.61 Å². The Hall–Kier alpha value is -1.89. The van der Waals surface area contributed by atoms with Gasteiger partial charge < -0.3 is 10.1 Å². The first-order valence-electron chi connectivity index (χ1n) is 6.52. The van der Waals surface area contributed by atoms with E-state index in [1.165, 1.54) is 11.3 Å². The Bertz CT molecular complexity index is 591. The molecule has 2 heterocycles. The first kappa shape index (κ1) is 14.5. The van der Waals surface area contributed by atoms with Gasteiger partial charge in [0.2, 0.25) is 0 Å². The molecule has 2 rings (SSSR count). The molecule has 0 unspecified atom stereocenters. The minimum absolute atomic E-state index is 0.208. The van der Waals surface area contributed by atoms with Crippen molar-refractivity contribution in [3.63, 3.8) is 0 Å². The summed E-state index contributed by atoms with van der Waals surface area (Å²) in [6, 6.07) is 0. The van der Waals surface area contributed by atoms with Gasteiger partial charge in [0.15, 0.2) is 5.13 Å². The van der Waals surface area contributed by atoms with Gasteiger partial charge in [-0.15, -0.1) is 11.3 Å². The SMILES string of the molecule is CCOC(=O)Cc1csc(Nc2cn(C)nc2CC)n1. The number of aromatic nitrogens is 3. The number of thiazole rings is 1. The van der Waals surface area contributed by atoms with Crippen molar-refractivity contribution >= 4 is 28.1 Å². The molecule has 0 aliphatic rings. The third-order valence-corrected chi connectivity index (χ3v) is 3.47. The Morgan fingerprint density at radius 1 is 1.50 bits per heavy atom. The fourth-order valence-electron chi connectivity index (χ4n) is 1.82. The van der Waals surface area contributed by atoms with Crippen LogP contribution in [0.15, 0.2) is 11.6 Å². The molecule has 0 saturated heterocycles. The Morgan fingerprint density at radius 2 is 2.30 bits per heavy atom. The molecular weight excluding hydrogens is 276 g/mol. The van der Waals surface area contributed by atoms with E-state index in [1.54, 1.807) is 11.6 Å². The standard InChI is InChI=1S/C13H18N4O2S/c1-4-10-11(7-17(3)16-10)15-13-14-9(8-20-13)6-12(18)19-5-2/h7-8H,4-6H2,1-3H3,(H,14,15). The number of hydrogen-bond donors (Lipinski definition) is 1. The molecule has 0 aromatic carbocycles. The lowest BCUT2D eigenvalue weighted by Gasteiger charge is -2.00. The quantitative estimate of drug-likeness (QED) is 0.828. The van der Waals surface area contributed by atoms with Gasteiger partial charge in [-0.25, -0.2) is 4.98 Å². The number of aryl methyl sites for hydroxylation is 2. The fraction of sp³-hybridized carbons (Fsp3) is 0.462. The van der Waals surface area contributed by atoms with Crippen LogP contribution in [0.5, 0.6) is 0 Å². The number of anilines is 2. The van der Waals surface area contributed by atoms with Crippen LogP contribution >= 0.6 is 11.3 Å². The predicted octanol–water partition coefficient (Wildman–Crippen LogP) is 2.29. The molecule has 0 amide bonds. The number of esters is 1. The molecule has 0 atom stereocenters. The van der Waals surface area contributed by atoms with Crippen LogP contribution in [0.2, 0.25) is 0 Å². The molecule has 0 saturated carbocycles. The normalized spacial score (nSPS) is 10.6. The van der Waals surface area contributed by atoms with Crippen molar-refractivity contribution in [3.8, 4) is 0 Å². The number of carbonyl (C=O) groups excluding carboxylic acids is 1. The van der Waals surface area contributed by atoms with Gasteiger partial charge in [0, 0.05) is 18.6 Å². The maximum Gasteiger partial charge on any atom is 0.311 e. The van der Waals surface area contributed by atoms with E-state index in [9.17, 15) is 4.79 Å². The van der Waals surface area contributed by atoms with Crippen LogP contribution in [0.1, 0.15) is 25.2 Å². The van der Waals surface area contributed by atoms with E-state index in [4.69, 9.17) is 4.74 Å². The lowest BCUT2D eigenvalue weighted by Crippen LogP contribution is -2.07. The summed E-state index contributed by atoms with van der Waals surface area (Å²) in [5.74, 6) is -0.250. The van der Waals surface area contributed by atoms with E-state index in [2.05, 4.69) is 22.3 Å². The van der Waals surface area contributed by atoms with E-state index in [0.717, 1.165) is 28.6 Å². The Morgan fingerprint density at radius 3 is 3.00 bits per heavy atom. The van der Waals surface area contributed by atoms with Crippen LogP contribution in [-0.2, 0) is 29.4 Å². The topological polar surface area (TPSA) is 69.0 Å². The third-order valence-electron chi connectivity index (χ3n) is 2.66. The van der Waals surface area contributed by atoms with Crippen molar-refractivity contribution in [2.24, 2.45) is 7.05 Å². The minimum atomic E-state index is -0.250. The zero-order valence-corrected chi connectivity index (χ0v) is 12.7. The molecule has 0 radical (unpaired) electrons. The van der Waals surface area contributed by atoms with Crippen LogP contribution in [0.3, 0.4) is 0 Å². The summed E-state index contributed by atoms with van der Waals surface area (Å²) in [6.45, 7) is 4.24. The highest BCUT2D eigenvalue weighted by Gasteiger charge is 2.11. The van der Waals surface area contributed by atoms with Gasteiger partial charge in [0.05, 0.1) is 30.1 Å². The highest BCUT2D eigenvalue weighted by atomic mass is 32.1. The van der Waals surface area contributed by atoms with Crippen molar-refractivity contribution in [1.82, 2.24) is 14.8 Å². The molecule has 2 aromatic heterocycles. The van der Waals surface area contributed by atoms with Crippen molar-refractivity contribution in [2.75, 3.05) is 11.9 Å². The highest BCUT2D eigenvalue weighted by molar-refractivity contribution is 7.13. The maximum absolute atomic E-state index is 11.4. The zero-order chi connectivity index (χ0) is 14.5. The van der Waals surface area contributed by atoms with Gasteiger partial charge in [0.25, 0.3) is 0 Å². The molecule has 108 valence electrons. The molecule has 0 bridgehead atoms. The smallest absolute Gasteiger partial charge is 0.311 e. The second kappa shape index (κ2) is 6.51. The number of nitrogens with zero attached hydrogens (tertiary/aromatic N) is 3. The van der Waals surface area contributed by atoms with Gasteiger partial charge in [0.1, 0.15) is 0 Å². The predicted molar refractivity (Wildman–Crippen MR) is 78.3 cm³/mol. The first-order chi connectivity index (χ1) is 9.62. The van der Waals surface area contributed by atoms with E-state index < -0.39 is 0 Å². The molecule has 0 aliphatic carbocycles. The van der Waals surface area contributed by atoms with Crippen LogP contribution < -0.4 is 5.32 Å². The van der Waals surface area contributed by atoms with Gasteiger partial charge in [-0.2, -0.15) is 5.10 Å². The zero-order valence-electron chi connectivity index (χ0n) is 11.8. The number of hydrogen-bond acceptors (Lipinski definition) is 6. The molecule has 6 nitrogen and oxygen atoms in total. The highest BCUT2D eigenvalue weighted by Crippen LogP contribution is 2.23. The van der Waals surface area contributed by atoms with Gasteiger partial charge in [-0.3, -0.25) is 9.48 Å². The van der Waals surface area contributed by atoms with E-state index in [-0.39, 0.29) is 12.4 Å². The molecule has 20 heavy (non-hydrogen) atoms. The number of ether oxygens (including phenoxy) is 1. The third kappa shape index (κ3) is 3.57. The Kier molecular flexibility index (Phi) is 4.73. The van der Waals surface area contributed by atoms with E-state index in [1.807, 2.05) is 18.6 Å². The summed E-state index contributed by atoms with van der Waals surface area (Å²) in [4.78, 5) is 15.8. The molecule has 0 fully saturated rings. The first-order valence-corrected chi connectivity index (χ1v) is 7.39. The fourth-order valence-corrected chi connectivity index (χ4v) is 2.54. The average Bonchev–Trinajstić information content (AvgIpc) is 2.97. The summed E-state index contributed by atoms with van der Waals surface area (Å²) in [6.07, 6.45) is 2.98. The van der Waals surface area contributed by atoms with Crippen LogP contribution in [0.25, 0.3) is 0 Å². The Balaban J connectivity index is 2.03. The Labute approximate surface area is 121 Å². The van der Waals surface area contributed by atoms with Crippen molar-refractivity contribution in [3.05, 3.63) is 23.0 Å². The average molecular weight is 294 g/mol. The summed E-state index contributed by atoms with van der Waals surface area (Å²) in [5, 5.41) is 10.2. The largest absolute Gasteiger partial charge is 0.466 e.